The van der Waals surface area contributed by atoms with Gasteiger partial charge in [-0.1, -0.05) is 0 Å². The molecule has 0 aromatic heterocycles. The number of aliphatic carboxylic acids is 2. The van der Waals surface area contributed by atoms with Crippen LogP contribution in [0.1, 0.15) is 20.8 Å². The molecule has 9 heteroatoms. The van der Waals surface area contributed by atoms with Gasteiger partial charge in [0.15, 0.2) is 0 Å². The van der Waals surface area contributed by atoms with Crippen molar-refractivity contribution < 1.29 is 33.7 Å². The van der Waals surface area contributed by atoms with Crippen molar-refractivity contribution in [2.45, 2.75) is 38.6 Å². The SMILES string of the molecule is CC(C)(C)OC(=O)N1C[C@H](N)[C@@H](F)C1.O=C(O)C(=O)O. The number of carbonyl (C=O) groups excluding carboxylic acids is 1. The average Bonchev–Trinajstić information content (AvgIpc) is 2.57. The largest absolute Gasteiger partial charge is 0.473 e. The fourth-order valence-electron chi connectivity index (χ4n) is 1.26. The number of hydrogen-bond acceptors (Lipinski definition) is 5. The number of carboxylic acid groups (broad SMARTS) is 2. The zero-order valence-corrected chi connectivity index (χ0v) is 11.5. The highest BCUT2D eigenvalue weighted by molar-refractivity contribution is 6.27. The number of amides is 1. The molecule has 20 heavy (non-hydrogen) atoms. The lowest BCUT2D eigenvalue weighted by atomic mass is 10.2. The van der Waals surface area contributed by atoms with Crippen LogP contribution in [0.15, 0.2) is 0 Å². The van der Waals surface area contributed by atoms with Crippen LogP contribution < -0.4 is 5.73 Å². The standard InChI is InChI=1S/C9H17FN2O2.C2H2O4/c1-9(2,3)14-8(13)12-4-6(10)7(11)5-12;3-1(4)2(5)6/h6-7H,4-5,11H2,1-3H3;(H,3,4)(H,5,6)/t6-,7-;/m0./s1. The molecule has 1 rings (SSSR count). The molecule has 0 spiro atoms. The Morgan fingerprint density at radius 2 is 1.65 bits per heavy atom. The number of rotatable bonds is 0. The van der Waals surface area contributed by atoms with Gasteiger partial charge in [-0.15, -0.1) is 0 Å². The summed E-state index contributed by atoms with van der Waals surface area (Å²) >= 11 is 0. The number of halogens is 1. The molecular weight excluding hydrogens is 275 g/mol. The predicted molar refractivity (Wildman–Crippen MR) is 66.0 cm³/mol. The normalized spacial score (nSPS) is 21.8. The van der Waals surface area contributed by atoms with Gasteiger partial charge in [-0.2, -0.15) is 0 Å². The Kier molecular flexibility index (Phi) is 6.37. The predicted octanol–water partition coefficient (Wildman–Crippen LogP) is 0.0581. The van der Waals surface area contributed by atoms with Crippen molar-refractivity contribution >= 4 is 18.0 Å². The molecule has 1 aliphatic heterocycles. The molecule has 0 aromatic rings. The molecule has 1 aliphatic rings. The van der Waals surface area contributed by atoms with Gasteiger partial charge in [-0.05, 0) is 20.8 Å². The monoisotopic (exact) mass is 294 g/mol. The molecule has 0 saturated carbocycles. The number of hydrogen-bond donors (Lipinski definition) is 3. The number of alkyl halides is 1. The lowest BCUT2D eigenvalue weighted by molar-refractivity contribution is -0.159. The number of nitrogens with two attached hydrogens (primary N) is 1. The number of carbonyl (C=O) groups is 3. The van der Waals surface area contributed by atoms with Crippen molar-refractivity contribution in [3.8, 4) is 0 Å². The van der Waals surface area contributed by atoms with E-state index in [0.717, 1.165) is 0 Å². The van der Waals surface area contributed by atoms with E-state index < -0.39 is 35.8 Å². The number of ether oxygens (including phenoxy) is 1. The van der Waals surface area contributed by atoms with Crippen molar-refractivity contribution in [3.05, 3.63) is 0 Å². The third-order valence-corrected chi connectivity index (χ3v) is 2.13. The first-order chi connectivity index (χ1) is 8.94. The maximum absolute atomic E-state index is 13.0. The summed E-state index contributed by atoms with van der Waals surface area (Å²) in [6, 6.07) is -0.581. The van der Waals surface area contributed by atoms with E-state index in [1.165, 1.54) is 4.90 Å². The van der Waals surface area contributed by atoms with Gasteiger partial charge < -0.3 is 25.6 Å². The van der Waals surface area contributed by atoms with Gasteiger partial charge in [0.05, 0.1) is 12.6 Å². The first-order valence-electron chi connectivity index (χ1n) is 5.78. The minimum atomic E-state index is -1.82. The smallest absolute Gasteiger partial charge is 0.414 e. The second kappa shape index (κ2) is 7.04. The summed E-state index contributed by atoms with van der Waals surface area (Å²) in [5.74, 6) is -3.65. The minimum absolute atomic E-state index is 0.0378. The molecule has 116 valence electrons. The molecule has 0 aliphatic carbocycles. The van der Waals surface area contributed by atoms with E-state index >= 15 is 0 Å². The molecule has 4 N–H and O–H groups in total. The quantitative estimate of drug-likeness (QED) is 0.538. The molecule has 1 fully saturated rings. The fourth-order valence-corrected chi connectivity index (χ4v) is 1.26. The average molecular weight is 294 g/mol. The molecule has 2 atom stereocenters. The Hall–Kier alpha value is -1.90. The summed E-state index contributed by atoms with van der Waals surface area (Å²) in [5.41, 5.74) is 4.90. The molecule has 0 aromatic carbocycles. The van der Waals surface area contributed by atoms with E-state index in [-0.39, 0.29) is 13.1 Å². The fraction of sp³-hybridized carbons (Fsp3) is 0.727. The second-order valence-corrected chi connectivity index (χ2v) is 5.18. The molecule has 1 amide bonds. The van der Waals surface area contributed by atoms with Crippen LogP contribution in [0.5, 0.6) is 0 Å². The highest BCUT2D eigenvalue weighted by Crippen LogP contribution is 2.16. The molecule has 0 unspecified atom stereocenters. The van der Waals surface area contributed by atoms with Crippen molar-refractivity contribution in [3.63, 3.8) is 0 Å². The van der Waals surface area contributed by atoms with Crippen molar-refractivity contribution in [2.24, 2.45) is 5.73 Å². The van der Waals surface area contributed by atoms with Crippen LogP contribution in [-0.4, -0.2) is 64.0 Å². The van der Waals surface area contributed by atoms with Crippen LogP contribution in [0.3, 0.4) is 0 Å². The van der Waals surface area contributed by atoms with Gasteiger partial charge in [0.2, 0.25) is 0 Å². The first-order valence-corrected chi connectivity index (χ1v) is 5.78. The maximum atomic E-state index is 13.0. The maximum Gasteiger partial charge on any atom is 0.414 e. The summed E-state index contributed by atoms with van der Waals surface area (Å²) in [6.45, 7) is 5.58. The zero-order chi connectivity index (χ0) is 16.1. The molecule has 1 saturated heterocycles. The Balaban J connectivity index is 0.000000511. The zero-order valence-electron chi connectivity index (χ0n) is 11.5. The van der Waals surface area contributed by atoms with Gasteiger partial charge in [-0.3, -0.25) is 0 Å². The second-order valence-electron chi connectivity index (χ2n) is 5.18. The summed E-state index contributed by atoms with van der Waals surface area (Å²) in [6.07, 6.45) is -1.63. The number of nitrogens with zero attached hydrogens (tertiary/aromatic N) is 1. The van der Waals surface area contributed by atoms with E-state index in [1.54, 1.807) is 20.8 Å². The lowest BCUT2D eigenvalue weighted by Crippen LogP contribution is -2.36. The van der Waals surface area contributed by atoms with Crippen LogP contribution in [0.4, 0.5) is 9.18 Å². The Morgan fingerprint density at radius 1 is 1.20 bits per heavy atom. The Morgan fingerprint density at radius 3 is 1.90 bits per heavy atom. The van der Waals surface area contributed by atoms with E-state index in [0.29, 0.717) is 0 Å². The highest BCUT2D eigenvalue weighted by atomic mass is 19.1. The summed E-state index contributed by atoms with van der Waals surface area (Å²) in [5, 5.41) is 14.8. The van der Waals surface area contributed by atoms with Gasteiger partial charge in [0, 0.05) is 6.54 Å². The van der Waals surface area contributed by atoms with E-state index in [4.69, 9.17) is 30.3 Å². The molecule has 1 heterocycles. The van der Waals surface area contributed by atoms with E-state index in [2.05, 4.69) is 0 Å². The summed E-state index contributed by atoms with van der Waals surface area (Å²) in [7, 11) is 0. The third-order valence-electron chi connectivity index (χ3n) is 2.13. The number of likely N-dealkylation sites (tertiary alicyclic amines) is 1. The lowest BCUT2D eigenvalue weighted by Gasteiger charge is -2.24. The summed E-state index contributed by atoms with van der Waals surface area (Å²) in [4.78, 5) is 30.9. The Bertz CT molecular complexity index is 360. The topological polar surface area (TPSA) is 130 Å². The highest BCUT2D eigenvalue weighted by Gasteiger charge is 2.35. The Labute approximate surface area is 115 Å². The van der Waals surface area contributed by atoms with Gasteiger partial charge >= 0.3 is 18.0 Å². The van der Waals surface area contributed by atoms with E-state index in [9.17, 15) is 9.18 Å². The van der Waals surface area contributed by atoms with Crippen molar-refractivity contribution in [1.82, 2.24) is 4.90 Å². The van der Waals surface area contributed by atoms with Crippen LogP contribution in [0.2, 0.25) is 0 Å². The van der Waals surface area contributed by atoms with Gasteiger partial charge in [-0.25, -0.2) is 18.8 Å². The molecule has 0 radical (unpaired) electrons. The van der Waals surface area contributed by atoms with Gasteiger partial charge in [0.1, 0.15) is 11.8 Å². The first kappa shape index (κ1) is 18.1. The minimum Gasteiger partial charge on any atom is -0.473 e. The summed E-state index contributed by atoms with van der Waals surface area (Å²) < 4.78 is 18.1. The van der Waals surface area contributed by atoms with Crippen molar-refractivity contribution in [1.29, 1.82) is 0 Å². The molecular formula is C11H19FN2O6. The van der Waals surface area contributed by atoms with Crippen LogP contribution >= 0.6 is 0 Å². The van der Waals surface area contributed by atoms with Gasteiger partial charge in [0.25, 0.3) is 0 Å². The van der Waals surface area contributed by atoms with Crippen molar-refractivity contribution in [2.75, 3.05) is 13.1 Å². The number of carboxylic acids is 2. The van der Waals surface area contributed by atoms with E-state index in [1.807, 2.05) is 0 Å². The van der Waals surface area contributed by atoms with Crippen LogP contribution in [0, 0.1) is 0 Å². The molecule has 8 nitrogen and oxygen atoms in total. The molecule has 0 bridgehead atoms. The third kappa shape index (κ3) is 6.88. The van der Waals surface area contributed by atoms with Crippen LogP contribution in [0.25, 0.3) is 0 Å². The van der Waals surface area contributed by atoms with Crippen LogP contribution in [-0.2, 0) is 14.3 Å².